The van der Waals surface area contributed by atoms with E-state index in [0.29, 0.717) is 18.2 Å². The fourth-order valence-corrected chi connectivity index (χ4v) is 2.95. The largest absolute Gasteiger partial charge is 0.373 e. The van der Waals surface area contributed by atoms with Crippen LogP contribution in [0.5, 0.6) is 0 Å². The maximum atomic E-state index is 5.85. The highest BCUT2D eigenvalue weighted by atomic mass is 16.5. The minimum atomic E-state index is 0.361. The second-order valence-corrected chi connectivity index (χ2v) is 5.59. The van der Waals surface area contributed by atoms with Crippen LogP contribution in [0.4, 0.5) is 0 Å². The highest BCUT2D eigenvalue weighted by molar-refractivity contribution is 5.80. The van der Waals surface area contributed by atoms with E-state index in [0.717, 1.165) is 30.2 Å². The van der Waals surface area contributed by atoms with Gasteiger partial charge in [0, 0.05) is 25.5 Å². The fourth-order valence-electron chi connectivity index (χ4n) is 2.95. The first kappa shape index (κ1) is 13.4. The lowest BCUT2D eigenvalue weighted by molar-refractivity contribution is 0.0992. The molecule has 2 saturated heterocycles. The molecule has 2 aliphatic rings. The molecule has 0 spiro atoms. The summed E-state index contributed by atoms with van der Waals surface area (Å²) in [5, 5.41) is 6.81. The summed E-state index contributed by atoms with van der Waals surface area (Å²) in [5.41, 5.74) is 2.19. The average molecular weight is 274 g/mol. The maximum absolute atomic E-state index is 5.85. The Balaban J connectivity index is 1.51. The van der Waals surface area contributed by atoms with Crippen LogP contribution in [0.15, 0.2) is 23.3 Å². The molecule has 2 aliphatic heterocycles. The predicted molar refractivity (Wildman–Crippen MR) is 78.6 cm³/mol. The number of aliphatic imine (C=N–C) groups is 1. The number of nitrogens with one attached hydrogen (secondary N) is 2. The van der Waals surface area contributed by atoms with Crippen molar-refractivity contribution in [1.29, 1.82) is 0 Å². The van der Waals surface area contributed by atoms with Crippen LogP contribution in [0.2, 0.25) is 0 Å². The van der Waals surface area contributed by atoms with Gasteiger partial charge in [0.2, 0.25) is 0 Å². The quantitative estimate of drug-likeness (QED) is 0.646. The van der Waals surface area contributed by atoms with Crippen LogP contribution in [0.25, 0.3) is 0 Å². The van der Waals surface area contributed by atoms with E-state index in [-0.39, 0.29) is 0 Å². The molecule has 3 rings (SSSR count). The predicted octanol–water partition coefficient (Wildman–Crippen LogP) is 1.37. The van der Waals surface area contributed by atoms with Crippen LogP contribution >= 0.6 is 0 Å². The molecule has 2 bridgehead atoms. The van der Waals surface area contributed by atoms with Crippen molar-refractivity contribution in [2.24, 2.45) is 4.99 Å². The molecule has 2 N–H and O–H groups in total. The molecule has 1 aromatic rings. The van der Waals surface area contributed by atoms with Crippen molar-refractivity contribution < 1.29 is 4.74 Å². The smallest absolute Gasteiger partial charge is 0.191 e. The molecule has 3 atom stereocenters. The van der Waals surface area contributed by atoms with Crippen molar-refractivity contribution in [3.63, 3.8) is 0 Å². The molecule has 0 aliphatic carbocycles. The SMILES string of the molecule is CN=C(NCc1ccc(C)nc1)NC1CC2CCC1O2. The first-order chi connectivity index (χ1) is 9.74. The topological polar surface area (TPSA) is 58.5 Å². The number of rotatable bonds is 3. The summed E-state index contributed by atoms with van der Waals surface area (Å²) in [6, 6.07) is 4.51. The Hall–Kier alpha value is -1.62. The Labute approximate surface area is 119 Å². The van der Waals surface area contributed by atoms with Crippen LogP contribution < -0.4 is 10.6 Å². The lowest BCUT2D eigenvalue weighted by Crippen LogP contribution is -2.47. The first-order valence-corrected chi connectivity index (χ1v) is 7.29. The number of aryl methyl sites for hydroxylation is 1. The monoisotopic (exact) mass is 274 g/mol. The first-order valence-electron chi connectivity index (χ1n) is 7.29. The number of pyridine rings is 1. The summed E-state index contributed by atoms with van der Waals surface area (Å²) in [7, 11) is 1.80. The van der Waals surface area contributed by atoms with E-state index in [1.807, 2.05) is 19.2 Å². The number of aromatic nitrogens is 1. The number of hydrogen-bond acceptors (Lipinski definition) is 3. The van der Waals surface area contributed by atoms with Gasteiger partial charge in [-0.3, -0.25) is 9.98 Å². The fraction of sp³-hybridized carbons (Fsp3) is 0.600. The Bertz CT molecular complexity index is 485. The minimum absolute atomic E-state index is 0.361. The van der Waals surface area contributed by atoms with Gasteiger partial charge >= 0.3 is 0 Å². The summed E-state index contributed by atoms with van der Waals surface area (Å²) >= 11 is 0. The number of guanidine groups is 1. The third kappa shape index (κ3) is 2.93. The van der Waals surface area contributed by atoms with Crippen molar-refractivity contribution in [1.82, 2.24) is 15.6 Å². The number of nitrogens with zero attached hydrogens (tertiary/aromatic N) is 2. The van der Waals surface area contributed by atoms with E-state index in [1.54, 1.807) is 7.05 Å². The highest BCUT2D eigenvalue weighted by Crippen LogP contribution is 2.34. The second-order valence-electron chi connectivity index (χ2n) is 5.59. The summed E-state index contributed by atoms with van der Waals surface area (Å²) in [5.74, 6) is 0.840. The van der Waals surface area contributed by atoms with Gasteiger partial charge in [0.1, 0.15) is 0 Å². The van der Waals surface area contributed by atoms with Gasteiger partial charge < -0.3 is 15.4 Å². The van der Waals surface area contributed by atoms with E-state index in [1.165, 1.54) is 12.8 Å². The van der Waals surface area contributed by atoms with Gasteiger partial charge in [0.05, 0.1) is 18.2 Å². The molecule has 3 unspecified atom stereocenters. The van der Waals surface area contributed by atoms with Crippen molar-refractivity contribution in [2.75, 3.05) is 7.05 Å². The molecule has 0 amide bonds. The normalized spacial score (nSPS) is 28.7. The summed E-state index contributed by atoms with van der Waals surface area (Å²) < 4.78 is 5.85. The Morgan fingerprint density at radius 3 is 2.95 bits per heavy atom. The zero-order chi connectivity index (χ0) is 13.9. The second kappa shape index (κ2) is 5.79. The third-order valence-electron chi connectivity index (χ3n) is 4.08. The van der Waals surface area contributed by atoms with Gasteiger partial charge in [-0.05, 0) is 37.8 Å². The molecular weight excluding hydrogens is 252 g/mol. The molecule has 0 saturated carbocycles. The van der Waals surface area contributed by atoms with Crippen molar-refractivity contribution in [3.05, 3.63) is 29.6 Å². The van der Waals surface area contributed by atoms with Gasteiger partial charge in [-0.1, -0.05) is 6.07 Å². The Morgan fingerprint density at radius 2 is 2.35 bits per heavy atom. The van der Waals surface area contributed by atoms with E-state index in [9.17, 15) is 0 Å². The summed E-state index contributed by atoms with van der Waals surface area (Å²) in [6.07, 6.45) is 6.19. The molecule has 0 radical (unpaired) electrons. The standard InChI is InChI=1S/C15H22N4O/c1-10-3-4-11(8-17-10)9-18-15(16-2)19-13-7-12-5-6-14(13)20-12/h3-4,8,12-14H,5-7,9H2,1-2H3,(H2,16,18,19). The molecule has 1 aromatic heterocycles. The zero-order valence-corrected chi connectivity index (χ0v) is 12.1. The molecule has 20 heavy (non-hydrogen) atoms. The zero-order valence-electron chi connectivity index (χ0n) is 12.1. The number of hydrogen-bond donors (Lipinski definition) is 2. The van der Waals surface area contributed by atoms with E-state index in [4.69, 9.17) is 4.74 Å². The Kier molecular flexibility index (Phi) is 3.87. The summed E-state index contributed by atoms with van der Waals surface area (Å²) in [4.78, 5) is 8.58. The van der Waals surface area contributed by atoms with E-state index in [2.05, 4.69) is 26.7 Å². The summed E-state index contributed by atoms with van der Waals surface area (Å²) in [6.45, 7) is 2.72. The van der Waals surface area contributed by atoms with E-state index < -0.39 is 0 Å². The molecular formula is C15H22N4O. The van der Waals surface area contributed by atoms with Gasteiger partial charge in [-0.15, -0.1) is 0 Å². The molecule has 5 nitrogen and oxygen atoms in total. The Morgan fingerprint density at radius 1 is 1.45 bits per heavy atom. The third-order valence-corrected chi connectivity index (χ3v) is 4.08. The van der Waals surface area contributed by atoms with Crippen LogP contribution in [0.3, 0.4) is 0 Å². The lowest BCUT2D eigenvalue weighted by atomic mass is 9.96. The maximum Gasteiger partial charge on any atom is 0.191 e. The molecule has 2 fully saturated rings. The van der Waals surface area contributed by atoms with Gasteiger partial charge in [0.25, 0.3) is 0 Å². The minimum Gasteiger partial charge on any atom is -0.373 e. The van der Waals surface area contributed by atoms with Crippen molar-refractivity contribution in [3.8, 4) is 0 Å². The van der Waals surface area contributed by atoms with E-state index >= 15 is 0 Å². The molecule has 3 heterocycles. The number of ether oxygens (including phenoxy) is 1. The van der Waals surface area contributed by atoms with Crippen LogP contribution in [-0.2, 0) is 11.3 Å². The average Bonchev–Trinajstić information content (AvgIpc) is 3.07. The molecule has 0 aromatic carbocycles. The van der Waals surface area contributed by atoms with Gasteiger partial charge in [0.15, 0.2) is 5.96 Å². The van der Waals surface area contributed by atoms with Gasteiger partial charge in [-0.25, -0.2) is 0 Å². The lowest BCUT2D eigenvalue weighted by Gasteiger charge is -2.22. The number of fused-ring (bicyclic) bond motifs is 2. The highest BCUT2D eigenvalue weighted by Gasteiger charge is 2.41. The molecule has 5 heteroatoms. The molecule has 108 valence electrons. The van der Waals surface area contributed by atoms with Crippen LogP contribution in [-0.4, -0.2) is 36.2 Å². The van der Waals surface area contributed by atoms with Crippen molar-refractivity contribution >= 4 is 5.96 Å². The van der Waals surface area contributed by atoms with Gasteiger partial charge in [-0.2, -0.15) is 0 Å². The van der Waals surface area contributed by atoms with Crippen molar-refractivity contribution in [2.45, 2.75) is 51.0 Å². The van der Waals surface area contributed by atoms with Crippen LogP contribution in [0.1, 0.15) is 30.5 Å². The van der Waals surface area contributed by atoms with Crippen LogP contribution in [0, 0.1) is 6.92 Å².